The number of hydrogen-bond acceptors (Lipinski definition) is 6. The van der Waals surface area contributed by atoms with Crippen molar-refractivity contribution in [2.75, 3.05) is 19.5 Å². The van der Waals surface area contributed by atoms with Crippen LogP contribution < -0.4 is 5.32 Å². The number of carbonyl (C=O) groups excluding carboxylic acids is 2. The maximum absolute atomic E-state index is 12.4. The molecule has 2 aliphatic heterocycles. The van der Waals surface area contributed by atoms with Crippen molar-refractivity contribution in [2.45, 2.75) is 17.8 Å². The molecule has 0 saturated carbocycles. The number of carboxylic acids is 1. The number of aliphatic carboxylic acids is 1. The van der Waals surface area contributed by atoms with Gasteiger partial charge in [0.05, 0.1) is 13.0 Å². The molecule has 0 unspecified atom stereocenters. The van der Waals surface area contributed by atoms with Gasteiger partial charge in [0, 0.05) is 17.7 Å². The van der Waals surface area contributed by atoms with Gasteiger partial charge in [-0.25, -0.2) is 4.79 Å². The third kappa shape index (κ3) is 3.06. The average molecular weight is 368 g/mol. The first kappa shape index (κ1) is 17.0. The van der Waals surface area contributed by atoms with Gasteiger partial charge in [-0.1, -0.05) is 6.07 Å². The van der Waals surface area contributed by atoms with Crippen molar-refractivity contribution in [3.05, 3.63) is 33.7 Å². The van der Waals surface area contributed by atoms with Gasteiger partial charge in [-0.2, -0.15) is 0 Å². The summed E-state index contributed by atoms with van der Waals surface area (Å²) in [6.45, 7) is 0.167. The smallest absolute Gasteiger partial charge is 0.352 e. The molecule has 9 heteroatoms. The number of hydrogen-bond donors (Lipinski definition) is 2. The summed E-state index contributed by atoms with van der Waals surface area (Å²) in [5, 5.41) is 13.6. The van der Waals surface area contributed by atoms with Crippen LogP contribution in [0.2, 0.25) is 0 Å². The third-order valence-corrected chi connectivity index (χ3v) is 6.02. The molecule has 2 aliphatic rings. The van der Waals surface area contributed by atoms with Crippen molar-refractivity contribution in [1.82, 2.24) is 10.2 Å². The highest BCUT2D eigenvalue weighted by atomic mass is 32.2. The molecular formula is C15H16N2O5S2. The highest BCUT2D eigenvalue weighted by Gasteiger charge is 2.54. The number of carboxylic acid groups (broad SMARTS) is 1. The number of fused-ring (bicyclic) bond motifs is 1. The molecule has 0 bridgehead atoms. The van der Waals surface area contributed by atoms with E-state index in [9.17, 15) is 19.5 Å². The molecule has 128 valence electrons. The van der Waals surface area contributed by atoms with Gasteiger partial charge in [0.25, 0.3) is 5.91 Å². The lowest BCUT2D eigenvalue weighted by Crippen LogP contribution is -2.70. The van der Waals surface area contributed by atoms with E-state index in [0.29, 0.717) is 11.3 Å². The van der Waals surface area contributed by atoms with E-state index in [4.69, 9.17) is 4.74 Å². The summed E-state index contributed by atoms with van der Waals surface area (Å²) >= 11 is 2.91. The molecule has 0 aliphatic carbocycles. The molecule has 2 atom stereocenters. The topological polar surface area (TPSA) is 95.9 Å². The Bertz CT molecular complexity index is 701. The fourth-order valence-electron chi connectivity index (χ4n) is 2.76. The summed E-state index contributed by atoms with van der Waals surface area (Å²) in [5.74, 6) is -1.32. The fourth-order valence-corrected chi connectivity index (χ4v) is 4.80. The Morgan fingerprint density at radius 1 is 1.50 bits per heavy atom. The van der Waals surface area contributed by atoms with Crippen molar-refractivity contribution in [3.8, 4) is 0 Å². The number of methoxy groups -OCH3 is 1. The normalized spacial score (nSPS) is 22.9. The van der Waals surface area contributed by atoms with Gasteiger partial charge in [-0.05, 0) is 17.0 Å². The maximum Gasteiger partial charge on any atom is 0.352 e. The van der Waals surface area contributed by atoms with Crippen molar-refractivity contribution in [3.63, 3.8) is 0 Å². The van der Waals surface area contributed by atoms with Crippen molar-refractivity contribution < 1.29 is 24.2 Å². The highest BCUT2D eigenvalue weighted by Crippen LogP contribution is 2.40. The summed E-state index contributed by atoms with van der Waals surface area (Å²) in [4.78, 5) is 38.1. The molecule has 1 fully saturated rings. The Labute approximate surface area is 146 Å². The number of amides is 2. The molecule has 24 heavy (non-hydrogen) atoms. The minimum Gasteiger partial charge on any atom is -0.477 e. The molecule has 1 aromatic rings. The summed E-state index contributed by atoms with van der Waals surface area (Å²) in [6.07, 6.45) is 0.218. The molecule has 3 heterocycles. The van der Waals surface area contributed by atoms with Crippen molar-refractivity contribution in [1.29, 1.82) is 0 Å². The Balaban J connectivity index is 1.70. The minimum absolute atomic E-state index is 0.0191. The number of ether oxygens (including phenoxy) is 1. The molecule has 0 radical (unpaired) electrons. The molecule has 2 amide bonds. The lowest BCUT2D eigenvalue weighted by Gasteiger charge is -2.49. The molecule has 1 saturated heterocycles. The van der Waals surface area contributed by atoms with Gasteiger partial charge in [0.15, 0.2) is 0 Å². The van der Waals surface area contributed by atoms with Crippen LogP contribution in [0.1, 0.15) is 4.88 Å². The molecule has 0 aromatic carbocycles. The van der Waals surface area contributed by atoms with Crippen LogP contribution in [-0.4, -0.2) is 58.7 Å². The average Bonchev–Trinajstić information content (AvgIpc) is 3.05. The van der Waals surface area contributed by atoms with E-state index in [2.05, 4.69) is 5.32 Å². The van der Waals surface area contributed by atoms with E-state index in [1.54, 1.807) is 0 Å². The first-order valence-corrected chi connectivity index (χ1v) is 9.16. The Hall–Kier alpha value is -1.84. The zero-order valence-corrected chi connectivity index (χ0v) is 14.5. The second kappa shape index (κ2) is 6.96. The minimum atomic E-state index is -1.15. The van der Waals surface area contributed by atoms with E-state index in [1.165, 1.54) is 35.1 Å². The van der Waals surface area contributed by atoms with E-state index < -0.39 is 17.9 Å². The van der Waals surface area contributed by atoms with Gasteiger partial charge in [-0.15, -0.1) is 23.1 Å². The number of nitrogens with zero attached hydrogens (tertiary/aromatic N) is 1. The van der Waals surface area contributed by atoms with Crippen LogP contribution in [0.25, 0.3) is 0 Å². The Kier molecular flexibility index (Phi) is 4.93. The van der Waals surface area contributed by atoms with E-state index in [1.807, 2.05) is 17.5 Å². The van der Waals surface area contributed by atoms with Crippen LogP contribution in [-0.2, 0) is 25.5 Å². The number of thiophene rings is 1. The lowest BCUT2D eigenvalue weighted by molar-refractivity contribution is -0.150. The van der Waals surface area contributed by atoms with Gasteiger partial charge < -0.3 is 15.2 Å². The number of rotatable bonds is 6. The first-order chi connectivity index (χ1) is 11.5. The van der Waals surface area contributed by atoms with Crippen LogP contribution in [0.15, 0.2) is 28.8 Å². The quantitative estimate of drug-likeness (QED) is 0.717. The number of β-lactam (4-membered cyclic amide) rings is 1. The summed E-state index contributed by atoms with van der Waals surface area (Å²) in [7, 11) is 1.48. The SMILES string of the molecule is COCC1=C(C(=O)O)N2C(=O)[C@@H](NC(=O)Cc3cccs3)[C@H]2SC1. The second-order valence-corrected chi connectivity index (χ2v) is 7.54. The van der Waals surface area contributed by atoms with Crippen LogP contribution in [0.4, 0.5) is 0 Å². The monoisotopic (exact) mass is 368 g/mol. The predicted molar refractivity (Wildman–Crippen MR) is 89.6 cm³/mol. The summed E-state index contributed by atoms with van der Waals surface area (Å²) < 4.78 is 5.01. The summed E-state index contributed by atoms with van der Waals surface area (Å²) in [5.41, 5.74) is 0.553. The molecule has 7 nitrogen and oxygen atoms in total. The van der Waals surface area contributed by atoms with Crippen LogP contribution >= 0.6 is 23.1 Å². The van der Waals surface area contributed by atoms with Gasteiger partial charge in [0.2, 0.25) is 5.91 Å². The fraction of sp³-hybridized carbons (Fsp3) is 0.400. The predicted octanol–water partition coefficient (Wildman–Crippen LogP) is 0.676. The van der Waals surface area contributed by atoms with Crippen molar-refractivity contribution >= 4 is 40.9 Å². The largest absolute Gasteiger partial charge is 0.477 e. The van der Waals surface area contributed by atoms with Crippen molar-refractivity contribution in [2.24, 2.45) is 0 Å². The zero-order valence-electron chi connectivity index (χ0n) is 12.9. The van der Waals surface area contributed by atoms with Gasteiger partial charge in [-0.3, -0.25) is 14.5 Å². The van der Waals surface area contributed by atoms with E-state index in [-0.39, 0.29) is 30.0 Å². The molecule has 2 N–H and O–H groups in total. The third-order valence-electron chi connectivity index (χ3n) is 3.80. The second-order valence-electron chi connectivity index (χ2n) is 5.40. The van der Waals surface area contributed by atoms with E-state index >= 15 is 0 Å². The number of carbonyl (C=O) groups is 3. The number of thioether (sulfide) groups is 1. The van der Waals surface area contributed by atoms with Crippen LogP contribution in [0.5, 0.6) is 0 Å². The van der Waals surface area contributed by atoms with Crippen LogP contribution in [0, 0.1) is 0 Å². The molecule has 3 rings (SSSR count). The zero-order chi connectivity index (χ0) is 17.3. The highest BCUT2D eigenvalue weighted by molar-refractivity contribution is 8.00. The van der Waals surface area contributed by atoms with E-state index in [0.717, 1.165) is 4.88 Å². The molecule has 1 aromatic heterocycles. The lowest BCUT2D eigenvalue weighted by atomic mass is 10.0. The Morgan fingerprint density at radius 2 is 2.29 bits per heavy atom. The molecule has 0 spiro atoms. The number of nitrogens with one attached hydrogen (secondary N) is 1. The standard InChI is InChI=1S/C15H16N2O5S2/c1-22-6-8-7-24-14-11(13(19)17(14)12(8)15(20)21)16-10(18)5-9-3-2-4-23-9/h2-4,11,14H,5-7H2,1H3,(H,16,18)(H,20,21)/t11-,14-/m1/s1. The maximum atomic E-state index is 12.4. The molecular weight excluding hydrogens is 352 g/mol. The Morgan fingerprint density at radius 3 is 2.92 bits per heavy atom. The van der Waals surface area contributed by atoms with Gasteiger partial charge in [0.1, 0.15) is 17.1 Å². The van der Waals surface area contributed by atoms with Gasteiger partial charge >= 0.3 is 5.97 Å². The van der Waals surface area contributed by atoms with Crippen LogP contribution in [0.3, 0.4) is 0 Å². The summed E-state index contributed by atoms with van der Waals surface area (Å²) in [6, 6.07) is 3.04. The first-order valence-electron chi connectivity index (χ1n) is 7.23.